The SMILES string of the molecule is CCOC(=O)C1CC[NH+](Cc2cnc(Oc3ccc(C(C)(C)C)cc3)s2)CC1. The van der Waals surface area contributed by atoms with E-state index in [1.54, 1.807) is 11.3 Å². The van der Waals surface area contributed by atoms with E-state index in [1.807, 2.05) is 25.3 Å². The van der Waals surface area contributed by atoms with Crippen LogP contribution < -0.4 is 9.64 Å². The van der Waals surface area contributed by atoms with Crippen LogP contribution in [0.15, 0.2) is 30.5 Å². The average molecular weight is 404 g/mol. The number of ether oxygens (including phenoxy) is 2. The predicted octanol–water partition coefficient (Wildman–Crippen LogP) is 3.59. The van der Waals surface area contributed by atoms with Crippen LogP contribution in [-0.4, -0.2) is 30.6 Å². The zero-order valence-electron chi connectivity index (χ0n) is 17.3. The van der Waals surface area contributed by atoms with Gasteiger partial charge in [0, 0.05) is 12.8 Å². The lowest BCUT2D eigenvalue weighted by Gasteiger charge is -2.27. The smallest absolute Gasteiger partial charge is 0.309 e. The van der Waals surface area contributed by atoms with Crippen molar-refractivity contribution in [3.63, 3.8) is 0 Å². The van der Waals surface area contributed by atoms with Gasteiger partial charge in [-0.1, -0.05) is 44.2 Å². The summed E-state index contributed by atoms with van der Waals surface area (Å²) in [5, 5.41) is 0.680. The number of aromatic nitrogens is 1. The Balaban J connectivity index is 1.50. The monoisotopic (exact) mass is 403 g/mol. The van der Waals surface area contributed by atoms with Crippen LogP contribution in [0.2, 0.25) is 0 Å². The highest BCUT2D eigenvalue weighted by Gasteiger charge is 2.28. The number of hydrogen-bond donors (Lipinski definition) is 1. The Kier molecular flexibility index (Phi) is 6.73. The maximum Gasteiger partial charge on any atom is 0.309 e. The molecule has 1 N–H and O–H groups in total. The third-order valence-electron chi connectivity index (χ3n) is 5.19. The first kappa shape index (κ1) is 20.8. The molecule has 3 rings (SSSR count). The van der Waals surface area contributed by atoms with Crippen molar-refractivity contribution >= 4 is 17.3 Å². The molecule has 1 aromatic carbocycles. The van der Waals surface area contributed by atoms with E-state index in [-0.39, 0.29) is 17.3 Å². The number of carbonyl (C=O) groups is 1. The molecule has 2 heterocycles. The van der Waals surface area contributed by atoms with Crippen molar-refractivity contribution < 1.29 is 19.2 Å². The van der Waals surface area contributed by atoms with Gasteiger partial charge in [0.25, 0.3) is 5.19 Å². The van der Waals surface area contributed by atoms with E-state index < -0.39 is 0 Å². The molecule has 1 aliphatic heterocycles. The Morgan fingerprint density at radius 3 is 2.50 bits per heavy atom. The number of hydrogen-bond acceptors (Lipinski definition) is 5. The molecule has 1 fully saturated rings. The van der Waals surface area contributed by atoms with Crippen LogP contribution in [0.5, 0.6) is 10.9 Å². The van der Waals surface area contributed by atoms with Crippen LogP contribution in [0.1, 0.15) is 51.0 Å². The minimum absolute atomic E-state index is 0.0347. The molecule has 0 atom stereocenters. The first-order valence-corrected chi connectivity index (χ1v) is 10.9. The normalized spacial score (nSPS) is 20.0. The van der Waals surface area contributed by atoms with Crippen molar-refractivity contribution in [2.45, 2.75) is 52.5 Å². The Morgan fingerprint density at radius 1 is 1.21 bits per heavy atom. The molecule has 0 saturated carbocycles. The van der Waals surface area contributed by atoms with Crippen molar-refractivity contribution in [1.29, 1.82) is 0 Å². The molecule has 0 amide bonds. The molecule has 28 heavy (non-hydrogen) atoms. The molecule has 1 aromatic heterocycles. The highest BCUT2D eigenvalue weighted by Crippen LogP contribution is 2.29. The van der Waals surface area contributed by atoms with E-state index in [0.717, 1.165) is 38.2 Å². The van der Waals surface area contributed by atoms with Gasteiger partial charge in [0.05, 0.1) is 36.7 Å². The summed E-state index contributed by atoms with van der Waals surface area (Å²) in [6.07, 6.45) is 3.71. The van der Waals surface area contributed by atoms with Crippen molar-refractivity contribution in [2.75, 3.05) is 19.7 Å². The van der Waals surface area contributed by atoms with Crippen LogP contribution in [-0.2, 0) is 21.5 Å². The number of piperidine rings is 1. The van der Waals surface area contributed by atoms with Crippen LogP contribution in [0.4, 0.5) is 0 Å². The van der Waals surface area contributed by atoms with Gasteiger partial charge in [0.1, 0.15) is 12.3 Å². The van der Waals surface area contributed by atoms with E-state index in [1.165, 1.54) is 15.3 Å². The average Bonchev–Trinajstić information content (AvgIpc) is 3.09. The number of rotatable bonds is 6. The Hall–Kier alpha value is -1.92. The maximum atomic E-state index is 11.9. The fraction of sp³-hybridized carbons (Fsp3) is 0.545. The summed E-state index contributed by atoms with van der Waals surface area (Å²) in [6.45, 7) is 11.8. The van der Waals surface area contributed by atoms with Crippen molar-refractivity contribution in [2.24, 2.45) is 5.92 Å². The van der Waals surface area contributed by atoms with Gasteiger partial charge in [0.15, 0.2) is 0 Å². The van der Waals surface area contributed by atoms with Gasteiger partial charge >= 0.3 is 5.97 Å². The van der Waals surface area contributed by atoms with Crippen LogP contribution in [0.3, 0.4) is 0 Å². The molecule has 0 aliphatic carbocycles. The topological polar surface area (TPSA) is 52.9 Å². The lowest BCUT2D eigenvalue weighted by Crippen LogP contribution is -3.11. The van der Waals surface area contributed by atoms with E-state index in [4.69, 9.17) is 9.47 Å². The summed E-state index contributed by atoms with van der Waals surface area (Å²) in [6, 6.07) is 8.24. The molecular weight excluding hydrogens is 372 g/mol. The number of benzene rings is 1. The molecule has 0 radical (unpaired) electrons. The van der Waals surface area contributed by atoms with Gasteiger partial charge < -0.3 is 14.4 Å². The minimum atomic E-state index is -0.0347. The standard InChI is InChI=1S/C22H30N2O3S/c1-5-26-20(25)16-10-12-24(13-11-16)15-19-14-23-21(28-19)27-18-8-6-17(7-9-18)22(2,3)4/h6-9,14,16H,5,10-13,15H2,1-4H3/p+1. The number of carbonyl (C=O) groups excluding carboxylic acids is 1. The summed E-state index contributed by atoms with van der Waals surface area (Å²) < 4.78 is 11.1. The quantitative estimate of drug-likeness (QED) is 0.749. The minimum Gasteiger partial charge on any atom is -0.466 e. The number of esters is 1. The lowest BCUT2D eigenvalue weighted by molar-refractivity contribution is -0.919. The van der Waals surface area contributed by atoms with Gasteiger partial charge in [-0.25, -0.2) is 4.98 Å². The predicted molar refractivity (Wildman–Crippen MR) is 111 cm³/mol. The van der Waals surface area contributed by atoms with E-state index >= 15 is 0 Å². The second-order valence-corrected chi connectivity index (χ2v) is 9.50. The van der Waals surface area contributed by atoms with Crippen molar-refractivity contribution in [1.82, 2.24) is 4.98 Å². The summed E-state index contributed by atoms with van der Waals surface area (Å²) in [7, 11) is 0. The summed E-state index contributed by atoms with van der Waals surface area (Å²) in [4.78, 5) is 19.0. The fourth-order valence-corrected chi connectivity index (χ4v) is 4.34. The van der Waals surface area contributed by atoms with Crippen LogP contribution in [0, 0.1) is 5.92 Å². The molecule has 1 aliphatic rings. The van der Waals surface area contributed by atoms with Crippen LogP contribution in [0.25, 0.3) is 0 Å². The first-order valence-electron chi connectivity index (χ1n) is 10.1. The Bertz CT molecular complexity index is 772. The third kappa shape index (κ3) is 5.55. The second kappa shape index (κ2) is 9.05. The second-order valence-electron chi connectivity index (χ2n) is 8.42. The van der Waals surface area contributed by atoms with E-state index in [2.05, 4.69) is 37.9 Å². The zero-order chi connectivity index (χ0) is 20.1. The van der Waals surface area contributed by atoms with Gasteiger partial charge in [-0.3, -0.25) is 4.79 Å². The molecule has 2 aromatic rings. The number of nitrogens with one attached hydrogen (secondary N) is 1. The zero-order valence-corrected chi connectivity index (χ0v) is 18.1. The first-order chi connectivity index (χ1) is 13.3. The molecule has 1 saturated heterocycles. The number of nitrogens with zero attached hydrogens (tertiary/aromatic N) is 1. The van der Waals surface area contributed by atoms with Gasteiger partial charge in [-0.15, -0.1) is 0 Å². The Morgan fingerprint density at radius 2 is 1.89 bits per heavy atom. The third-order valence-corrected chi connectivity index (χ3v) is 6.07. The summed E-state index contributed by atoms with van der Waals surface area (Å²) >= 11 is 1.60. The van der Waals surface area contributed by atoms with Gasteiger partial charge in [-0.05, 0) is 30.0 Å². The molecular formula is C22H31N2O3S+. The highest BCUT2D eigenvalue weighted by atomic mass is 32.1. The molecule has 5 nitrogen and oxygen atoms in total. The Labute approximate surface area is 171 Å². The summed E-state index contributed by atoms with van der Waals surface area (Å²) in [5.74, 6) is 0.851. The number of thiazole rings is 1. The maximum absolute atomic E-state index is 11.9. The number of quaternary nitrogens is 1. The highest BCUT2D eigenvalue weighted by molar-refractivity contribution is 7.13. The molecule has 0 bridgehead atoms. The fourth-order valence-electron chi connectivity index (χ4n) is 3.49. The lowest BCUT2D eigenvalue weighted by atomic mass is 9.87. The number of likely N-dealkylation sites (tertiary alicyclic amines) is 1. The molecule has 152 valence electrons. The molecule has 0 unspecified atom stereocenters. The van der Waals surface area contributed by atoms with Gasteiger partial charge in [-0.2, -0.15) is 0 Å². The summed E-state index contributed by atoms with van der Waals surface area (Å²) in [5.41, 5.74) is 1.42. The molecule has 6 heteroatoms. The van der Waals surface area contributed by atoms with Crippen molar-refractivity contribution in [3.8, 4) is 10.9 Å². The molecule has 0 spiro atoms. The van der Waals surface area contributed by atoms with E-state index in [9.17, 15) is 4.79 Å². The van der Waals surface area contributed by atoms with Crippen molar-refractivity contribution in [3.05, 3.63) is 40.9 Å². The van der Waals surface area contributed by atoms with E-state index in [0.29, 0.717) is 11.8 Å². The largest absolute Gasteiger partial charge is 0.466 e. The van der Waals surface area contributed by atoms with Gasteiger partial charge in [0.2, 0.25) is 0 Å². The van der Waals surface area contributed by atoms with Crippen LogP contribution >= 0.6 is 11.3 Å².